The first kappa shape index (κ1) is 20.0. The fourth-order valence-corrected chi connectivity index (χ4v) is 3.12. The second-order valence-electron chi connectivity index (χ2n) is 7.67. The lowest BCUT2D eigenvalue weighted by molar-refractivity contribution is 0.300. The summed E-state index contributed by atoms with van der Waals surface area (Å²) in [5.74, 6) is 1.52. The van der Waals surface area contributed by atoms with Crippen molar-refractivity contribution in [3.05, 3.63) is 29.8 Å². The normalized spacial score (nSPS) is 14.0. The minimum atomic E-state index is -3.90. The van der Waals surface area contributed by atoms with Crippen LogP contribution in [0.5, 0.6) is 5.75 Å². The van der Waals surface area contributed by atoms with Crippen LogP contribution in [0.15, 0.2) is 24.3 Å². The van der Waals surface area contributed by atoms with Gasteiger partial charge in [0.25, 0.3) is 10.1 Å². The van der Waals surface area contributed by atoms with Crippen LogP contribution in [-0.2, 0) is 10.1 Å². The molecular formula is C18H30O4S. The lowest BCUT2D eigenvalue weighted by Crippen LogP contribution is -2.16. The molecule has 4 nitrogen and oxygen atoms in total. The summed E-state index contributed by atoms with van der Waals surface area (Å²) in [5.41, 5.74) is 1.58. The third-order valence-electron chi connectivity index (χ3n) is 3.76. The van der Waals surface area contributed by atoms with E-state index in [1.165, 1.54) is 5.56 Å². The summed E-state index contributed by atoms with van der Waals surface area (Å²) in [6, 6.07) is 8.05. The Labute approximate surface area is 141 Å². The van der Waals surface area contributed by atoms with Gasteiger partial charge in [0.2, 0.25) is 0 Å². The minimum absolute atomic E-state index is 0.272. The van der Waals surface area contributed by atoms with E-state index < -0.39 is 10.1 Å². The van der Waals surface area contributed by atoms with Crippen LogP contribution in [0.4, 0.5) is 0 Å². The molecular weight excluding hydrogens is 312 g/mol. The topological polar surface area (TPSA) is 63.6 Å². The van der Waals surface area contributed by atoms with Crippen LogP contribution in [0.25, 0.3) is 0 Å². The van der Waals surface area contributed by atoms with Gasteiger partial charge in [0, 0.05) is 0 Å². The van der Waals surface area contributed by atoms with Gasteiger partial charge in [-0.05, 0) is 47.8 Å². The molecule has 0 fully saturated rings. The average molecular weight is 343 g/mol. The van der Waals surface area contributed by atoms with Crippen molar-refractivity contribution < 1.29 is 17.7 Å². The Morgan fingerprint density at radius 1 is 1.13 bits per heavy atom. The van der Waals surface area contributed by atoms with Crippen molar-refractivity contribution in [2.45, 2.75) is 53.4 Å². The number of hydrogen-bond donors (Lipinski definition) is 1. The van der Waals surface area contributed by atoms with E-state index in [1.807, 2.05) is 12.1 Å². The highest BCUT2D eigenvalue weighted by Crippen LogP contribution is 2.36. The molecule has 0 saturated carbocycles. The Morgan fingerprint density at radius 2 is 1.70 bits per heavy atom. The predicted octanol–water partition coefficient (Wildman–Crippen LogP) is 4.52. The fourth-order valence-electron chi connectivity index (χ4n) is 2.64. The van der Waals surface area contributed by atoms with E-state index in [4.69, 9.17) is 9.29 Å². The molecule has 0 aliphatic heterocycles. The zero-order chi connectivity index (χ0) is 17.7. The quantitative estimate of drug-likeness (QED) is 0.557. The first-order chi connectivity index (χ1) is 10.5. The van der Waals surface area contributed by atoms with Gasteiger partial charge in [-0.1, -0.05) is 46.8 Å². The van der Waals surface area contributed by atoms with Gasteiger partial charge >= 0.3 is 0 Å². The molecule has 1 N–H and O–H groups in total. The van der Waals surface area contributed by atoms with Crippen molar-refractivity contribution in [1.82, 2.24) is 0 Å². The first-order valence-corrected chi connectivity index (χ1v) is 9.77. The summed E-state index contributed by atoms with van der Waals surface area (Å²) in [6.45, 7) is 11.5. The molecule has 0 heterocycles. The summed E-state index contributed by atoms with van der Waals surface area (Å²) in [6.07, 6.45) is 1.40. The molecule has 1 aromatic rings. The van der Waals surface area contributed by atoms with Crippen LogP contribution in [-0.4, -0.2) is 25.3 Å². The first-order valence-electron chi connectivity index (χ1n) is 8.16. The highest BCUT2D eigenvalue weighted by Gasteiger charge is 2.22. The predicted molar refractivity (Wildman–Crippen MR) is 94.6 cm³/mol. The summed E-state index contributed by atoms with van der Waals surface area (Å²) < 4.78 is 35.5. The Kier molecular flexibility index (Phi) is 7.08. The van der Waals surface area contributed by atoms with Gasteiger partial charge < -0.3 is 4.74 Å². The van der Waals surface area contributed by atoms with Gasteiger partial charge in [0.05, 0.1) is 12.4 Å². The summed E-state index contributed by atoms with van der Waals surface area (Å²) in [7, 11) is -3.90. The second-order valence-corrected chi connectivity index (χ2v) is 9.24. The van der Waals surface area contributed by atoms with Crippen LogP contribution in [0.2, 0.25) is 0 Å². The van der Waals surface area contributed by atoms with Gasteiger partial charge in [-0.3, -0.25) is 4.55 Å². The number of ether oxygens (including phenoxy) is 1. The molecule has 0 amide bonds. The number of benzene rings is 1. The Balaban J connectivity index is 2.63. The van der Waals surface area contributed by atoms with Crippen LogP contribution >= 0.6 is 0 Å². The molecule has 1 atom stereocenters. The third kappa shape index (κ3) is 8.37. The molecule has 1 aromatic carbocycles. The van der Waals surface area contributed by atoms with Gasteiger partial charge in [0.1, 0.15) is 5.75 Å². The summed E-state index contributed by atoms with van der Waals surface area (Å²) >= 11 is 0. The monoisotopic (exact) mass is 342 g/mol. The van der Waals surface area contributed by atoms with Crippen LogP contribution in [0.3, 0.4) is 0 Å². The summed E-state index contributed by atoms with van der Waals surface area (Å²) in [4.78, 5) is 0. The van der Waals surface area contributed by atoms with Crippen LogP contribution < -0.4 is 4.74 Å². The van der Waals surface area contributed by atoms with Gasteiger partial charge in [0.15, 0.2) is 0 Å². The van der Waals surface area contributed by atoms with E-state index in [2.05, 4.69) is 46.8 Å². The van der Waals surface area contributed by atoms with Crippen molar-refractivity contribution in [2.24, 2.45) is 11.3 Å². The standard InChI is InChI=1S/C18H30O4S/c1-14(2)17(13-18(3,4)5)15-7-9-16(10-8-15)22-11-6-12-23(19,20)21/h7-10,14,17H,6,11-13H2,1-5H3,(H,19,20,21). The van der Waals surface area contributed by atoms with Gasteiger partial charge in [-0.2, -0.15) is 8.42 Å². The lowest BCUT2D eigenvalue weighted by atomic mass is 9.76. The maximum Gasteiger partial charge on any atom is 0.264 e. The molecule has 5 heteroatoms. The maximum atomic E-state index is 10.6. The highest BCUT2D eigenvalue weighted by molar-refractivity contribution is 7.85. The Bertz CT molecular complexity index is 568. The molecule has 23 heavy (non-hydrogen) atoms. The lowest BCUT2D eigenvalue weighted by Gasteiger charge is -2.29. The number of rotatable bonds is 8. The van der Waals surface area contributed by atoms with Crippen molar-refractivity contribution in [1.29, 1.82) is 0 Å². The Morgan fingerprint density at radius 3 is 2.13 bits per heavy atom. The van der Waals surface area contributed by atoms with E-state index in [1.54, 1.807) is 0 Å². The zero-order valence-corrected chi connectivity index (χ0v) is 15.7. The largest absolute Gasteiger partial charge is 0.494 e. The van der Waals surface area contributed by atoms with Crippen molar-refractivity contribution in [2.75, 3.05) is 12.4 Å². The van der Waals surface area contributed by atoms with Gasteiger partial charge in [-0.25, -0.2) is 0 Å². The molecule has 0 radical (unpaired) electrons. The molecule has 0 saturated heterocycles. The van der Waals surface area contributed by atoms with E-state index in [-0.39, 0.29) is 24.2 Å². The van der Waals surface area contributed by atoms with E-state index >= 15 is 0 Å². The zero-order valence-electron chi connectivity index (χ0n) is 14.9. The van der Waals surface area contributed by atoms with E-state index in [0.29, 0.717) is 11.8 Å². The smallest absolute Gasteiger partial charge is 0.264 e. The molecule has 0 spiro atoms. The van der Waals surface area contributed by atoms with Crippen LogP contribution in [0.1, 0.15) is 58.9 Å². The third-order valence-corrected chi connectivity index (χ3v) is 4.57. The summed E-state index contributed by atoms with van der Waals surface area (Å²) in [5, 5.41) is 0. The molecule has 1 unspecified atom stereocenters. The van der Waals surface area contributed by atoms with Crippen molar-refractivity contribution in [3.63, 3.8) is 0 Å². The number of hydrogen-bond acceptors (Lipinski definition) is 3. The molecule has 0 aliphatic rings. The molecule has 0 bridgehead atoms. The fraction of sp³-hybridized carbons (Fsp3) is 0.667. The van der Waals surface area contributed by atoms with E-state index in [9.17, 15) is 8.42 Å². The SMILES string of the molecule is CC(C)C(CC(C)(C)C)c1ccc(OCCCS(=O)(=O)O)cc1. The Hall–Kier alpha value is -1.07. The second kappa shape index (κ2) is 8.15. The highest BCUT2D eigenvalue weighted by atomic mass is 32.2. The molecule has 1 rings (SSSR count). The minimum Gasteiger partial charge on any atom is -0.494 e. The molecule has 0 aliphatic carbocycles. The van der Waals surface area contributed by atoms with Crippen LogP contribution in [0, 0.1) is 11.3 Å². The molecule has 132 valence electrons. The maximum absolute atomic E-state index is 10.6. The molecule has 0 aromatic heterocycles. The van der Waals surface area contributed by atoms with Crippen molar-refractivity contribution >= 4 is 10.1 Å². The van der Waals surface area contributed by atoms with Crippen molar-refractivity contribution in [3.8, 4) is 5.75 Å². The average Bonchev–Trinajstić information content (AvgIpc) is 2.39. The van der Waals surface area contributed by atoms with Gasteiger partial charge in [-0.15, -0.1) is 0 Å². The van der Waals surface area contributed by atoms with E-state index in [0.717, 1.165) is 12.2 Å².